The lowest BCUT2D eigenvalue weighted by Gasteiger charge is -2.07. The molecular weight excluding hydrogens is 292 g/mol. The molecule has 3 rings (SSSR count). The number of benzene rings is 2. The summed E-state index contributed by atoms with van der Waals surface area (Å²) < 4.78 is 2.02. The molecular formula is C17H14N4O2. The van der Waals surface area contributed by atoms with E-state index >= 15 is 0 Å². The highest BCUT2D eigenvalue weighted by Gasteiger charge is 2.07. The SMILES string of the molecule is N=NC(=N)c1ccc2c(ccn2Cc2cccc(C(=O)O)c2)c1. The smallest absolute Gasteiger partial charge is 0.335 e. The molecule has 23 heavy (non-hydrogen) atoms. The highest BCUT2D eigenvalue weighted by atomic mass is 16.4. The van der Waals surface area contributed by atoms with E-state index < -0.39 is 5.97 Å². The van der Waals surface area contributed by atoms with Crippen LogP contribution in [0, 0.1) is 10.9 Å². The molecule has 0 fully saturated rings. The van der Waals surface area contributed by atoms with Crippen LogP contribution in [0.3, 0.4) is 0 Å². The van der Waals surface area contributed by atoms with Crippen LogP contribution in [0.25, 0.3) is 10.9 Å². The Hall–Kier alpha value is -3.28. The Morgan fingerprint density at radius 2 is 1.96 bits per heavy atom. The Kier molecular flexibility index (Phi) is 3.72. The molecule has 0 radical (unpaired) electrons. The van der Waals surface area contributed by atoms with Crippen LogP contribution in [-0.2, 0) is 6.54 Å². The summed E-state index contributed by atoms with van der Waals surface area (Å²) in [5.74, 6) is -1.01. The summed E-state index contributed by atoms with van der Waals surface area (Å²) in [7, 11) is 0. The van der Waals surface area contributed by atoms with Gasteiger partial charge in [0.1, 0.15) is 0 Å². The van der Waals surface area contributed by atoms with Crippen molar-refractivity contribution < 1.29 is 9.90 Å². The number of nitrogens with one attached hydrogen (secondary N) is 2. The molecule has 1 heterocycles. The van der Waals surface area contributed by atoms with Crippen molar-refractivity contribution in [2.45, 2.75) is 6.54 Å². The zero-order valence-corrected chi connectivity index (χ0v) is 12.2. The molecule has 0 saturated carbocycles. The summed E-state index contributed by atoms with van der Waals surface area (Å²) >= 11 is 0. The predicted molar refractivity (Wildman–Crippen MR) is 86.4 cm³/mol. The van der Waals surface area contributed by atoms with Gasteiger partial charge in [-0.2, -0.15) is 0 Å². The van der Waals surface area contributed by atoms with Gasteiger partial charge in [-0.15, -0.1) is 5.11 Å². The molecule has 0 spiro atoms. The quantitative estimate of drug-likeness (QED) is 0.388. The highest BCUT2D eigenvalue weighted by molar-refractivity contribution is 5.99. The van der Waals surface area contributed by atoms with E-state index in [1.807, 2.05) is 35.0 Å². The van der Waals surface area contributed by atoms with E-state index in [2.05, 4.69) is 5.11 Å². The van der Waals surface area contributed by atoms with Crippen molar-refractivity contribution >= 4 is 22.7 Å². The van der Waals surface area contributed by atoms with Gasteiger partial charge in [-0.05, 0) is 42.0 Å². The summed E-state index contributed by atoms with van der Waals surface area (Å²) in [6.07, 6.45) is 1.92. The number of nitrogens with zero attached hydrogens (tertiary/aromatic N) is 2. The molecule has 0 bridgehead atoms. The number of hydrogen-bond acceptors (Lipinski definition) is 3. The van der Waals surface area contributed by atoms with E-state index in [0.29, 0.717) is 12.1 Å². The fraction of sp³-hybridized carbons (Fsp3) is 0.0588. The average molecular weight is 306 g/mol. The molecule has 0 atom stereocenters. The number of aromatic nitrogens is 1. The Morgan fingerprint density at radius 3 is 2.70 bits per heavy atom. The number of carboxylic acid groups (broad SMARTS) is 1. The van der Waals surface area contributed by atoms with Gasteiger partial charge in [-0.1, -0.05) is 12.1 Å². The molecule has 114 valence electrons. The molecule has 1 aromatic heterocycles. The number of fused-ring (bicyclic) bond motifs is 1. The predicted octanol–water partition coefficient (Wildman–Crippen LogP) is 3.74. The second-order valence-electron chi connectivity index (χ2n) is 5.18. The fourth-order valence-electron chi connectivity index (χ4n) is 2.55. The van der Waals surface area contributed by atoms with Crippen molar-refractivity contribution in [1.82, 2.24) is 4.57 Å². The minimum Gasteiger partial charge on any atom is -0.478 e. The van der Waals surface area contributed by atoms with Gasteiger partial charge in [0.15, 0.2) is 5.84 Å². The molecule has 0 aliphatic heterocycles. The van der Waals surface area contributed by atoms with Crippen molar-refractivity contribution in [3.63, 3.8) is 0 Å². The summed E-state index contributed by atoms with van der Waals surface area (Å²) in [4.78, 5) is 11.0. The average Bonchev–Trinajstić information content (AvgIpc) is 2.96. The van der Waals surface area contributed by atoms with Crippen molar-refractivity contribution in [1.29, 1.82) is 10.9 Å². The maximum atomic E-state index is 11.0. The van der Waals surface area contributed by atoms with E-state index in [4.69, 9.17) is 16.0 Å². The number of hydrogen-bond donors (Lipinski definition) is 3. The van der Waals surface area contributed by atoms with Crippen LogP contribution in [0.15, 0.2) is 59.8 Å². The van der Waals surface area contributed by atoms with Crippen LogP contribution in [0.4, 0.5) is 0 Å². The molecule has 0 aliphatic carbocycles. The van der Waals surface area contributed by atoms with Gasteiger partial charge in [-0.25, -0.2) is 10.3 Å². The van der Waals surface area contributed by atoms with Gasteiger partial charge in [0, 0.05) is 29.2 Å². The third kappa shape index (κ3) is 2.87. The van der Waals surface area contributed by atoms with E-state index in [-0.39, 0.29) is 11.4 Å². The molecule has 6 nitrogen and oxygen atoms in total. The topological polar surface area (TPSA) is 102 Å². The zero-order valence-electron chi connectivity index (χ0n) is 12.2. The largest absolute Gasteiger partial charge is 0.478 e. The van der Waals surface area contributed by atoms with Crippen LogP contribution < -0.4 is 0 Å². The lowest BCUT2D eigenvalue weighted by Crippen LogP contribution is -2.01. The summed E-state index contributed by atoms with van der Waals surface area (Å²) in [5, 5.41) is 20.7. The van der Waals surface area contributed by atoms with Crippen LogP contribution in [0.1, 0.15) is 21.5 Å². The van der Waals surface area contributed by atoms with Crippen molar-refractivity contribution in [2.24, 2.45) is 5.11 Å². The standard InChI is InChI=1S/C17H14N4O2/c18-16(20-19)13-4-5-15-12(9-13)6-7-21(15)10-11-2-1-3-14(8-11)17(22)23/h1-9,18-19H,10H2,(H,22,23). The van der Waals surface area contributed by atoms with Crippen LogP contribution in [-0.4, -0.2) is 21.5 Å². The van der Waals surface area contributed by atoms with Gasteiger partial charge in [0.2, 0.25) is 0 Å². The molecule has 0 amide bonds. The first-order valence-electron chi connectivity index (χ1n) is 6.96. The summed E-state index contributed by atoms with van der Waals surface area (Å²) in [6.45, 7) is 0.560. The minimum absolute atomic E-state index is 0.0752. The molecule has 0 aliphatic rings. The molecule has 3 N–H and O–H groups in total. The Labute approximate surface area is 132 Å². The van der Waals surface area contributed by atoms with Gasteiger partial charge < -0.3 is 9.67 Å². The van der Waals surface area contributed by atoms with E-state index in [1.165, 1.54) is 0 Å². The second-order valence-corrected chi connectivity index (χ2v) is 5.18. The van der Waals surface area contributed by atoms with Crippen LogP contribution in [0.2, 0.25) is 0 Å². The summed E-state index contributed by atoms with van der Waals surface area (Å²) in [6, 6.07) is 14.2. The normalized spacial score (nSPS) is 10.6. The molecule has 3 aromatic rings. The van der Waals surface area contributed by atoms with Crippen LogP contribution in [0.5, 0.6) is 0 Å². The maximum absolute atomic E-state index is 11.0. The number of carboxylic acids is 1. The van der Waals surface area contributed by atoms with Crippen molar-refractivity contribution in [2.75, 3.05) is 0 Å². The van der Waals surface area contributed by atoms with E-state index in [0.717, 1.165) is 16.5 Å². The summed E-state index contributed by atoms with van der Waals surface area (Å²) in [5.41, 5.74) is 9.66. The van der Waals surface area contributed by atoms with Gasteiger partial charge in [0.25, 0.3) is 0 Å². The monoisotopic (exact) mass is 306 g/mol. The number of rotatable bonds is 4. The van der Waals surface area contributed by atoms with E-state index in [9.17, 15) is 4.79 Å². The molecule has 0 saturated heterocycles. The molecule has 0 unspecified atom stereocenters. The third-order valence-corrected chi connectivity index (χ3v) is 3.68. The Balaban J connectivity index is 1.95. The first-order valence-corrected chi connectivity index (χ1v) is 6.96. The Bertz CT molecular complexity index is 927. The zero-order chi connectivity index (χ0) is 16.4. The maximum Gasteiger partial charge on any atom is 0.335 e. The second kappa shape index (κ2) is 5.84. The fourth-order valence-corrected chi connectivity index (χ4v) is 2.55. The third-order valence-electron chi connectivity index (χ3n) is 3.68. The number of amidine groups is 1. The minimum atomic E-state index is -0.938. The first-order chi connectivity index (χ1) is 11.1. The van der Waals surface area contributed by atoms with Gasteiger partial charge in [0.05, 0.1) is 5.56 Å². The number of aromatic carboxylic acids is 1. The van der Waals surface area contributed by atoms with Crippen LogP contribution >= 0.6 is 0 Å². The lowest BCUT2D eigenvalue weighted by atomic mass is 10.1. The molecule has 2 aromatic carbocycles. The van der Waals surface area contributed by atoms with Crippen molar-refractivity contribution in [3.05, 3.63) is 71.4 Å². The highest BCUT2D eigenvalue weighted by Crippen LogP contribution is 2.20. The lowest BCUT2D eigenvalue weighted by molar-refractivity contribution is 0.0696. The van der Waals surface area contributed by atoms with Gasteiger partial charge >= 0.3 is 5.97 Å². The first kappa shape index (κ1) is 14.6. The molecule has 6 heteroatoms. The Morgan fingerprint density at radius 1 is 1.13 bits per heavy atom. The number of carbonyl (C=O) groups is 1. The van der Waals surface area contributed by atoms with Gasteiger partial charge in [-0.3, -0.25) is 5.41 Å². The van der Waals surface area contributed by atoms with Crippen molar-refractivity contribution in [3.8, 4) is 0 Å². The van der Waals surface area contributed by atoms with E-state index in [1.54, 1.807) is 24.3 Å².